The number of carboxylic acids is 1. The molecule has 2 aromatic carbocycles. The largest absolute Gasteiger partial charge is 0.507 e. The number of unbranched alkanes of at least 4 members (excludes halogenated alkanes) is 2. The van der Waals surface area contributed by atoms with Crippen LogP contribution in [0.25, 0.3) is 0 Å². The second-order valence-electron chi connectivity index (χ2n) is 12.4. The fraction of sp³-hybridized carbons (Fsp3) is 0.371. The lowest BCUT2D eigenvalue weighted by molar-refractivity contribution is -0.142. The van der Waals surface area contributed by atoms with Crippen LogP contribution in [0, 0.1) is 10.7 Å². The molecular weight excluding hydrogens is 1060 g/mol. The van der Waals surface area contributed by atoms with Crippen LogP contribution in [0.1, 0.15) is 51.5 Å². The third kappa shape index (κ3) is 14.2. The number of aliphatic carboxylic acids is 1. The van der Waals surface area contributed by atoms with E-state index in [0.29, 0.717) is 47.0 Å². The van der Waals surface area contributed by atoms with E-state index >= 15 is 0 Å². The van der Waals surface area contributed by atoms with E-state index in [2.05, 4.69) is 21.3 Å². The number of hydrogen-bond acceptors (Lipinski definition) is 10. The zero-order chi connectivity index (χ0) is 41.0. The molecular formula is C35H39I3N6O11. The van der Waals surface area contributed by atoms with Crippen molar-refractivity contribution >= 4 is 115 Å². The lowest BCUT2D eigenvalue weighted by Crippen LogP contribution is -2.57. The maximum atomic E-state index is 13.3. The molecule has 1 aliphatic heterocycles. The molecule has 0 saturated heterocycles. The third-order valence-corrected chi connectivity index (χ3v) is 10.5. The number of ether oxygens (including phenoxy) is 1. The molecule has 2 aromatic rings. The predicted octanol–water partition coefficient (Wildman–Crippen LogP) is 1.97. The van der Waals surface area contributed by atoms with Gasteiger partial charge in [-0.1, -0.05) is 6.42 Å². The van der Waals surface area contributed by atoms with Gasteiger partial charge in [-0.3, -0.25) is 38.5 Å². The fourth-order valence-corrected chi connectivity index (χ4v) is 7.68. The fourth-order valence-electron chi connectivity index (χ4n) is 5.08. The molecule has 1 aliphatic rings. The molecule has 55 heavy (non-hydrogen) atoms. The average Bonchev–Trinajstić information content (AvgIpc) is 3.42. The van der Waals surface area contributed by atoms with Gasteiger partial charge in [0.2, 0.25) is 29.5 Å². The number of carbonyl (C=O) groups is 8. The number of benzene rings is 2. The summed E-state index contributed by atoms with van der Waals surface area (Å²) in [5.41, 5.74) is 5.85. The van der Waals surface area contributed by atoms with Gasteiger partial charge < -0.3 is 42.0 Å². The highest BCUT2D eigenvalue weighted by Gasteiger charge is 2.31. The number of primary amides is 1. The summed E-state index contributed by atoms with van der Waals surface area (Å²) >= 11 is 6.03. The van der Waals surface area contributed by atoms with Crippen LogP contribution in [0.5, 0.6) is 17.2 Å². The summed E-state index contributed by atoms with van der Waals surface area (Å²) in [5.74, 6) is -5.04. The molecule has 8 N–H and O–H groups in total. The zero-order valence-corrected chi connectivity index (χ0v) is 36.0. The summed E-state index contributed by atoms with van der Waals surface area (Å²) in [6, 6.07) is 2.78. The first-order chi connectivity index (χ1) is 25.9. The van der Waals surface area contributed by atoms with Crippen molar-refractivity contribution < 1.29 is 53.3 Å². The van der Waals surface area contributed by atoms with Crippen molar-refractivity contribution in [1.29, 1.82) is 0 Å². The minimum absolute atomic E-state index is 0.0772. The van der Waals surface area contributed by atoms with Gasteiger partial charge in [-0.25, -0.2) is 4.79 Å². The van der Waals surface area contributed by atoms with Gasteiger partial charge in [0.25, 0.3) is 11.8 Å². The molecule has 0 aromatic heterocycles. The lowest BCUT2D eigenvalue weighted by Gasteiger charge is -2.23. The molecule has 0 aliphatic carbocycles. The molecule has 0 radical (unpaired) electrons. The molecule has 0 fully saturated rings. The van der Waals surface area contributed by atoms with Gasteiger partial charge in [-0.05, 0) is 130 Å². The number of nitrogens with one attached hydrogen (secondary N) is 4. The van der Waals surface area contributed by atoms with Crippen molar-refractivity contribution in [3.8, 4) is 17.2 Å². The Hall–Kier alpha value is -4.07. The van der Waals surface area contributed by atoms with Crippen molar-refractivity contribution in [2.24, 2.45) is 5.73 Å². The van der Waals surface area contributed by atoms with Crippen LogP contribution in [-0.4, -0.2) is 93.1 Å². The second kappa shape index (κ2) is 21.3. The van der Waals surface area contributed by atoms with E-state index in [1.54, 1.807) is 24.3 Å². The number of halogens is 3. The standard InChI is InChI=1S/C35H39I3N6O11/c1-17(40-28(47)6-4-3-5-11-44-29(48)9-10-30(44)49)32(50)41-18(2)33(51)42-24(16-27(39)46)34(52)43-25(35(53)54)14-19-12-22(37)31(23(38)13-19)55-20-7-8-26(45)21(36)15-20/h7-10,12-13,15,17-18,24-25,45H,3-6,11,14,16H2,1-2H3,(H2,39,46)(H,40,47)(H,41,50)(H,42,51)(H,43,52)(H,53,54)/t17-,18-,24-,25-/m0/s1. The van der Waals surface area contributed by atoms with E-state index in [4.69, 9.17) is 10.5 Å². The highest BCUT2D eigenvalue weighted by atomic mass is 127. The van der Waals surface area contributed by atoms with Crippen LogP contribution < -0.4 is 31.7 Å². The lowest BCUT2D eigenvalue weighted by atomic mass is 10.0. The van der Waals surface area contributed by atoms with Gasteiger partial charge in [-0.15, -0.1) is 0 Å². The predicted molar refractivity (Wildman–Crippen MR) is 221 cm³/mol. The summed E-state index contributed by atoms with van der Waals surface area (Å²) in [6.07, 6.45) is 3.13. The van der Waals surface area contributed by atoms with Gasteiger partial charge in [0.05, 0.1) is 17.1 Å². The maximum Gasteiger partial charge on any atom is 0.326 e. The number of carboxylic acid groups (broad SMARTS) is 1. The van der Waals surface area contributed by atoms with Crippen LogP contribution in [-0.2, 0) is 44.8 Å². The number of hydrogen-bond donors (Lipinski definition) is 7. The second-order valence-corrected chi connectivity index (χ2v) is 15.9. The van der Waals surface area contributed by atoms with E-state index in [1.807, 2.05) is 67.8 Å². The smallest absolute Gasteiger partial charge is 0.326 e. The van der Waals surface area contributed by atoms with Crippen molar-refractivity contribution in [1.82, 2.24) is 26.2 Å². The number of rotatable bonds is 20. The number of nitrogens with two attached hydrogens (primary N) is 1. The number of carbonyl (C=O) groups excluding carboxylic acids is 7. The molecule has 7 amide bonds. The summed E-state index contributed by atoms with van der Waals surface area (Å²) in [5, 5.41) is 29.4. The zero-order valence-electron chi connectivity index (χ0n) is 29.5. The van der Waals surface area contributed by atoms with E-state index in [9.17, 15) is 48.6 Å². The Balaban J connectivity index is 1.53. The molecule has 0 saturated carbocycles. The normalized spacial score (nSPS) is 14.4. The Morgan fingerprint density at radius 1 is 0.782 bits per heavy atom. The van der Waals surface area contributed by atoms with Gasteiger partial charge in [0.1, 0.15) is 35.7 Å². The maximum absolute atomic E-state index is 13.3. The first kappa shape index (κ1) is 45.3. The first-order valence-electron chi connectivity index (χ1n) is 16.8. The van der Waals surface area contributed by atoms with E-state index in [1.165, 1.54) is 32.1 Å². The molecule has 296 valence electrons. The average molecular weight is 1100 g/mol. The minimum Gasteiger partial charge on any atom is -0.507 e. The Labute approximate surface area is 356 Å². The molecule has 0 bridgehead atoms. The molecule has 1 heterocycles. The van der Waals surface area contributed by atoms with Crippen LogP contribution in [0.2, 0.25) is 0 Å². The van der Waals surface area contributed by atoms with Crippen molar-refractivity contribution in [3.63, 3.8) is 0 Å². The number of phenolic OH excluding ortho intramolecular Hbond substituents is 1. The number of amides is 7. The number of nitrogens with zero attached hydrogens (tertiary/aromatic N) is 1. The highest BCUT2D eigenvalue weighted by molar-refractivity contribution is 14.1. The van der Waals surface area contributed by atoms with Gasteiger partial charge >= 0.3 is 5.97 Å². The summed E-state index contributed by atoms with van der Waals surface area (Å²) in [6.45, 7) is 2.95. The Morgan fingerprint density at radius 3 is 1.95 bits per heavy atom. The van der Waals surface area contributed by atoms with Crippen LogP contribution in [0.3, 0.4) is 0 Å². The van der Waals surface area contributed by atoms with E-state index in [-0.39, 0.29) is 37.0 Å². The summed E-state index contributed by atoms with van der Waals surface area (Å²) < 4.78 is 7.87. The first-order valence-corrected chi connectivity index (χ1v) is 20.0. The van der Waals surface area contributed by atoms with Gasteiger partial charge in [-0.2, -0.15) is 0 Å². The summed E-state index contributed by atoms with van der Waals surface area (Å²) in [4.78, 5) is 99.7. The number of imide groups is 1. The molecule has 17 nitrogen and oxygen atoms in total. The molecule has 0 spiro atoms. The van der Waals surface area contributed by atoms with Gasteiger partial charge in [0.15, 0.2) is 5.75 Å². The highest BCUT2D eigenvalue weighted by Crippen LogP contribution is 2.35. The minimum atomic E-state index is -1.58. The Kier molecular flexibility index (Phi) is 17.5. The quantitative estimate of drug-likeness (QED) is 0.0573. The Bertz CT molecular complexity index is 1830. The number of aromatic hydroxyl groups is 1. The molecule has 20 heteroatoms. The summed E-state index contributed by atoms with van der Waals surface area (Å²) in [7, 11) is 0. The van der Waals surface area contributed by atoms with E-state index in [0.717, 1.165) is 4.90 Å². The molecule has 4 atom stereocenters. The van der Waals surface area contributed by atoms with Gasteiger partial charge in [0, 0.05) is 31.5 Å². The van der Waals surface area contributed by atoms with Crippen molar-refractivity contribution in [2.45, 2.75) is 76.5 Å². The van der Waals surface area contributed by atoms with Crippen LogP contribution in [0.15, 0.2) is 42.5 Å². The molecule has 0 unspecified atom stereocenters. The monoisotopic (exact) mass is 1100 g/mol. The third-order valence-electron chi connectivity index (χ3n) is 8.00. The van der Waals surface area contributed by atoms with Crippen LogP contribution >= 0.6 is 67.8 Å². The van der Waals surface area contributed by atoms with Crippen LogP contribution in [0.4, 0.5) is 0 Å². The molecule has 3 rings (SSSR count). The Morgan fingerprint density at radius 2 is 1.36 bits per heavy atom. The van der Waals surface area contributed by atoms with Crippen molar-refractivity contribution in [2.75, 3.05) is 6.54 Å². The number of phenols is 1. The topological polar surface area (TPSA) is 264 Å². The van der Waals surface area contributed by atoms with Crippen molar-refractivity contribution in [3.05, 3.63) is 58.8 Å². The SMILES string of the molecule is C[C@H](NC(=O)CCCCCN1C(=O)C=CC1=O)C(=O)N[C@@H](C)C(=O)N[C@@H](CC(N)=O)C(=O)N[C@@H](Cc1cc(I)c(Oc2ccc(O)c(I)c2)c(I)c1)C(=O)O. The van der Waals surface area contributed by atoms with E-state index < -0.39 is 66.1 Å².